The van der Waals surface area contributed by atoms with Crippen molar-refractivity contribution in [2.45, 2.75) is 26.2 Å². The molecule has 1 aliphatic heterocycles. The van der Waals surface area contributed by atoms with E-state index in [1.165, 1.54) is 0 Å². The first kappa shape index (κ1) is 16.3. The van der Waals surface area contributed by atoms with Crippen molar-refractivity contribution in [3.63, 3.8) is 0 Å². The van der Waals surface area contributed by atoms with Crippen molar-refractivity contribution in [1.29, 1.82) is 5.26 Å². The predicted octanol–water partition coefficient (Wildman–Crippen LogP) is 2.58. The van der Waals surface area contributed by atoms with Crippen LogP contribution in [0.15, 0.2) is 30.3 Å². The second-order valence-electron chi connectivity index (χ2n) is 5.91. The van der Waals surface area contributed by atoms with E-state index in [1.807, 2.05) is 11.0 Å². The van der Waals surface area contributed by atoms with Crippen LogP contribution in [0.1, 0.15) is 37.3 Å². The minimum absolute atomic E-state index is 0.00926. The summed E-state index contributed by atoms with van der Waals surface area (Å²) in [6.07, 6.45) is 5.96. The Kier molecular flexibility index (Phi) is 5.35. The Bertz CT molecular complexity index is 587. The molecule has 22 heavy (non-hydrogen) atoms. The molecule has 1 heterocycles. The zero-order valence-corrected chi connectivity index (χ0v) is 13.0. The summed E-state index contributed by atoms with van der Waals surface area (Å²) in [5.74, 6) is -0.00926. The van der Waals surface area contributed by atoms with E-state index < -0.39 is 0 Å². The maximum atomic E-state index is 12.2. The first-order chi connectivity index (χ1) is 10.6. The van der Waals surface area contributed by atoms with Gasteiger partial charge in [0.25, 0.3) is 0 Å². The molecule has 1 N–H and O–H groups in total. The van der Waals surface area contributed by atoms with Gasteiger partial charge in [-0.05, 0) is 48.4 Å². The van der Waals surface area contributed by atoms with Crippen LogP contribution >= 0.6 is 0 Å². The third-order valence-electron chi connectivity index (χ3n) is 4.66. The number of nitriles is 1. The van der Waals surface area contributed by atoms with E-state index in [2.05, 4.69) is 13.0 Å². The van der Waals surface area contributed by atoms with Crippen molar-refractivity contribution in [3.8, 4) is 6.07 Å². The lowest BCUT2D eigenvalue weighted by molar-refractivity contribution is -0.128. The molecular weight excluding hydrogens is 276 g/mol. The molecule has 4 nitrogen and oxygen atoms in total. The van der Waals surface area contributed by atoms with E-state index in [9.17, 15) is 9.90 Å². The van der Waals surface area contributed by atoms with Gasteiger partial charge < -0.3 is 10.0 Å². The van der Waals surface area contributed by atoms with Gasteiger partial charge in [0.2, 0.25) is 5.91 Å². The van der Waals surface area contributed by atoms with Gasteiger partial charge >= 0.3 is 0 Å². The van der Waals surface area contributed by atoms with Crippen LogP contribution in [0.3, 0.4) is 0 Å². The van der Waals surface area contributed by atoms with Crippen LogP contribution in [0.4, 0.5) is 0 Å². The molecule has 0 atom stereocenters. The van der Waals surface area contributed by atoms with Gasteiger partial charge in [-0.2, -0.15) is 5.26 Å². The summed E-state index contributed by atoms with van der Waals surface area (Å²) >= 11 is 0. The monoisotopic (exact) mass is 298 g/mol. The Balaban J connectivity index is 1.96. The molecule has 4 heteroatoms. The first-order valence-corrected chi connectivity index (χ1v) is 7.70. The van der Waals surface area contributed by atoms with Gasteiger partial charge in [-0.15, -0.1) is 0 Å². The minimum Gasteiger partial charge on any atom is -0.396 e. The van der Waals surface area contributed by atoms with Gasteiger partial charge in [-0.1, -0.05) is 19.1 Å². The molecule has 0 aromatic heterocycles. The SMILES string of the molecule is CCC1(CO)CCN(C(=O)/C=C/c2cccc(C#N)c2)CC1. The molecule has 0 saturated carbocycles. The molecule has 1 aliphatic rings. The molecular formula is C18H22N2O2. The van der Waals surface area contributed by atoms with Gasteiger partial charge in [0.1, 0.15) is 0 Å². The highest BCUT2D eigenvalue weighted by Crippen LogP contribution is 2.34. The van der Waals surface area contributed by atoms with E-state index in [0.717, 1.165) is 24.8 Å². The lowest BCUT2D eigenvalue weighted by Crippen LogP contribution is -2.43. The van der Waals surface area contributed by atoms with Crippen molar-refractivity contribution in [3.05, 3.63) is 41.5 Å². The van der Waals surface area contributed by atoms with Crippen LogP contribution in [0.25, 0.3) is 6.08 Å². The summed E-state index contributed by atoms with van der Waals surface area (Å²) in [5.41, 5.74) is 1.42. The summed E-state index contributed by atoms with van der Waals surface area (Å²) in [4.78, 5) is 14.1. The molecule has 0 radical (unpaired) electrons. The van der Waals surface area contributed by atoms with Gasteiger partial charge in [0.15, 0.2) is 0 Å². The highest BCUT2D eigenvalue weighted by Gasteiger charge is 2.33. The molecule has 1 aromatic carbocycles. The molecule has 0 spiro atoms. The predicted molar refractivity (Wildman–Crippen MR) is 85.8 cm³/mol. The van der Waals surface area contributed by atoms with E-state index in [1.54, 1.807) is 30.4 Å². The summed E-state index contributed by atoms with van der Waals surface area (Å²) in [6, 6.07) is 9.26. The Morgan fingerprint density at radius 1 is 1.45 bits per heavy atom. The van der Waals surface area contributed by atoms with Crippen LogP contribution < -0.4 is 0 Å². The van der Waals surface area contributed by atoms with Crippen LogP contribution in [0.2, 0.25) is 0 Å². The lowest BCUT2D eigenvalue weighted by Gasteiger charge is -2.39. The van der Waals surface area contributed by atoms with E-state index in [4.69, 9.17) is 5.26 Å². The van der Waals surface area contributed by atoms with Crippen molar-refractivity contribution in [2.75, 3.05) is 19.7 Å². The van der Waals surface area contributed by atoms with Crippen molar-refractivity contribution in [1.82, 2.24) is 4.90 Å². The van der Waals surface area contributed by atoms with Gasteiger partial charge in [0.05, 0.1) is 11.6 Å². The summed E-state index contributed by atoms with van der Waals surface area (Å²) in [6.45, 7) is 3.67. The molecule has 0 unspecified atom stereocenters. The number of amides is 1. The molecule has 116 valence electrons. The fourth-order valence-electron chi connectivity index (χ4n) is 2.81. The third kappa shape index (κ3) is 3.75. The Hall–Kier alpha value is -2.12. The average molecular weight is 298 g/mol. The quantitative estimate of drug-likeness (QED) is 0.869. The van der Waals surface area contributed by atoms with Gasteiger partial charge in [0, 0.05) is 25.8 Å². The number of piperidine rings is 1. The molecule has 0 bridgehead atoms. The number of carbonyl (C=O) groups is 1. The first-order valence-electron chi connectivity index (χ1n) is 7.70. The van der Waals surface area contributed by atoms with Crippen molar-refractivity contribution in [2.24, 2.45) is 5.41 Å². The van der Waals surface area contributed by atoms with Crippen LogP contribution in [0, 0.1) is 16.7 Å². The highest BCUT2D eigenvalue weighted by molar-refractivity contribution is 5.91. The normalized spacial score (nSPS) is 17.4. The summed E-state index contributed by atoms with van der Waals surface area (Å²) in [5, 5.41) is 18.4. The Morgan fingerprint density at radius 2 is 2.18 bits per heavy atom. The van der Waals surface area contributed by atoms with Crippen molar-refractivity contribution < 1.29 is 9.90 Å². The standard InChI is InChI=1S/C18H22N2O2/c1-2-18(14-21)8-10-20(11-9-18)17(22)7-6-15-4-3-5-16(12-15)13-19/h3-7,12,21H,2,8-11,14H2,1H3/b7-6+. The second kappa shape index (κ2) is 7.24. The molecule has 1 fully saturated rings. The van der Waals surface area contributed by atoms with Gasteiger partial charge in [-0.3, -0.25) is 4.79 Å². The zero-order chi connectivity index (χ0) is 16.0. The number of aliphatic hydroxyl groups excluding tert-OH is 1. The number of carbonyl (C=O) groups excluding carboxylic acids is 1. The average Bonchev–Trinajstić information content (AvgIpc) is 2.60. The van der Waals surface area contributed by atoms with E-state index in [-0.39, 0.29) is 17.9 Å². The number of nitrogens with zero attached hydrogens (tertiary/aromatic N) is 2. The lowest BCUT2D eigenvalue weighted by atomic mass is 9.77. The van der Waals surface area contributed by atoms with Crippen LogP contribution in [0.5, 0.6) is 0 Å². The maximum Gasteiger partial charge on any atom is 0.246 e. The number of aliphatic hydroxyl groups is 1. The number of benzene rings is 1. The van der Waals surface area contributed by atoms with Crippen LogP contribution in [-0.2, 0) is 4.79 Å². The van der Waals surface area contributed by atoms with E-state index >= 15 is 0 Å². The molecule has 0 aliphatic carbocycles. The number of likely N-dealkylation sites (tertiary alicyclic amines) is 1. The number of hydrogen-bond acceptors (Lipinski definition) is 3. The van der Waals surface area contributed by atoms with Gasteiger partial charge in [-0.25, -0.2) is 0 Å². The fourth-order valence-corrected chi connectivity index (χ4v) is 2.81. The topological polar surface area (TPSA) is 64.3 Å². The highest BCUT2D eigenvalue weighted by atomic mass is 16.3. The zero-order valence-electron chi connectivity index (χ0n) is 13.0. The Morgan fingerprint density at radius 3 is 2.77 bits per heavy atom. The van der Waals surface area contributed by atoms with Crippen molar-refractivity contribution >= 4 is 12.0 Å². The van der Waals surface area contributed by atoms with E-state index in [0.29, 0.717) is 18.7 Å². The van der Waals surface area contributed by atoms with Crippen LogP contribution in [-0.4, -0.2) is 35.6 Å². The molecule has 2 rings (SSSR count). The number of hydrogen-bond donors (Lipinski definition) is 1. The Labute approximate surface area is 131 Å². The largest absolute Gasteiger partial charge is 0.396 e. The second-order valence-corrected chi connectivity index (χ2v) is 5.91. The molecule has 1 aromatic rings. The summed E-state index contributed by atoms with van der Waals surface area (Å²) in [7, 11) is 0. The third-order valence-corrected chi connectivity index (χ3v) is 4.66. The molecule has 1 amide bonds. The number of rotatable bonds is 4. The summed E-state index contributed by atoms with van der Waals surface area (Å²) < 4.78 is 0. The minimum atomic E-state index is -0.0123. The molecule has 1 saturated heterocycles. The smallest absolute Gasteiger partial charge is 0.246 e. The fraction of sp³-hybridized carbons (Fsp3) is 0.444. The maximum absolute atomic E-state index is 12.2.